The molecule has 1 saturated heterocycles. The molecular formula is C22H45NO4. The van der Waals surface area contributed by atoms with Gasteiger partial charge >= 0.3 is 0 Å². The molecule has 1 aliphatic rings. The fourth-order valence-corrected chi connectivity index (χ4v) is 3.12. The Labute approximate surface area is 167 Å². The quantitative estimate of drug-likeness (QED) is 0.761. The molecule has 1 aliphatic heterocycles. The number of nitrogens with one attached hydrogen (secondary N) is 1. The Morgan fingerprint density at radius 3 is 1.63 bits per heavy atom. The Balaban J connectivity index is 3.14. The number of rotatable bonds is 5. The number of ether oxygens (including phenoxy) is 4. The largest absolute Gasteiger partial charge is 0.373 e. The molecule has 1 heterocycles. The molecule has 5 heteroatoms. The predicted octanol–water partition coefficient (Wildman–Crippen LogP) is 4.32. The van der Waals surface area contributed by atoms with Crippen molar-refractivity contribution in [3.63, 3.8) is 0 Å². The van der Waals surface area contributed by atoms with E-state index in [1.165, 1.54) is 0 Å². The Morgan fingerprint density at radius 2 is 1.22 bits per heavy atom. The van der Waals surface area contributed by atoms with Crippen LogP contribution < -0.4 is 5.32 Å². The van der Waals surface area contributed by atoms with Gasteiger partial charge in [0.25, 0.3) is 0 Å². The first kappa shape index (κ1) is 24.8. The van der Waals surface area contributed by atoms with Gasteiger partial charge in [-0.1, -0.05) is 0 Å². The molecule has 1 fully saturated rings. The third kappa shape index (κ3) is 10.2. The maximum Gasteiger partial charge on any atom is 0.114 e. The third-order valence-electron chi connectivity index (χ3n) is 3.85. The molecular weight excluding hydrogens is 342 g/mol. The Morgan fingerprint density at radius 1 is 0.741 bits per heavy atom. The van der Waals surface area contributed by atoms with Crippen molar-refractivity contribution in [3.05, 3.63) is 0 Å². The smallest absolute Gasteiger partial charge is 0.114 e. The van der Waals surface area contributed by atoms with Crippen LogP contribution in [0.5, 0.6) is 0 Å². The average Bonchev–Trinajstić information content (AvgIpc) is 2.36. The number of hydrogen-bond acceptors (Lipinski definition) is 5. The molecule has 5 nitrogen and oxygen atoms in total. The lowest BCUT2D eigenvalue weighted by Crippen LogP contribution is -2.65. The minimum atomic E-state index is -0.308. The van der Waals surface area contributed by atoms with Gasteiger partial charge in [-0.25, -0.2) is 0 Å². The molecule has 27 heavy (non-hydrogen) atoms. The molecule has 0 radical (unpaired) electrons. The van der Waals surface area contributed by atoms with Crippen molar-refractivity contribution in [1.82, 2.24) is 5.32 Å². The van der Waals surface area contributed by atoms with Gasteiger partial charge in [0.05, 0.1) is 36.1 Å². The van der Waals surface area contributed by atoms with E-state index >= 15 is 0 Å². The summed E-state index contributed by atoms with van der Waals surface area (Å²) in [5, 5.41) is 3.67. The van der Waals surface area contributed by atoms with Gasteiger partial charge in [-0.3, -0.25) is 0 Å². The van der Waals surface area contributed by atoms with Gasteiger partial charge in [0.1, 0.15) is 18.3 Å². The second-order valence-electron chi connectivity index (χ2n) is 11.7. The van der Waals surface area contributed by atoms with Gasteiger partial charge in [0.2, 0.25) is 0 Å². The molecule has 0 aromatic rings. The van der Waals surface area contributed by atoms with E-state index in [-0.39, 0.29) is 46.7 Å². The van der Waals surface area contributed by atoms with Gasteiger partial charge < -0.3 is 24.3 Å². The molecule has 0 bridgehead atoms. The molecule has 162 valence electrons. The van der Waals surface area contributed by atoms with Gasteiger partial charge in [0.15, 0.2) is 0 Å². The van der Waals surface area contributed by atoms with E-state index in [0.29, 0.717) is 13.2 Å². The molecule has 1 rings (SSSR count). The summed E-state index contributed by atoms with van der Waals surface area (Å²) in [5.74, 6) is 0. The zero-order valence-corrected chi connectivity index (χ0v) is 19.9. The van der Waals surface area contributed by atoms with Crippen LogP contribution in [0.1, 0.15) is 83.1 Å². The summed E-state index contributed by atoms with van der Waals surface area (Å²) >= 11 is 0. The highest BCUT2D eigenvalue weighted by molar-refractivity contribution is 4.97. The zero-order chi connectivity index (χ0) is 21.3. The summed E-state index contributed by atoms with van der Waals surface area (Å²) < 4.78 is 25.3. The van der Waals surface area contributed by atoms with E-state index in [1.807, 2.05) is 0 Å². The lowest BCUT2D eigenvalue weighted by atomic mass is 9.93. The SMILES string of the molecule is CC(C)(C)N[C@H]1CO[C@H](COC(C)(C)C)[C@@H](OC(C)(C)C)[C@@H]1OC(C)(C)C. The second kappa shape index (κ2) is 8.66. The van der Waals surface area contributed by atoms with Gasteiger partial charge in [-0.15, -0.1) is 0 Å². The Hall–Kier alpha value is -0.200. The van der Waals surface area contributed by atoms with E-state index in [2.05, 4.69) is 88.4 Å². The van der Waals surface area contributed by atoms with Crippen LogP contribution in [0, 0.1) is 0 Å². The van der Waals surface area contributed by atoms with Crippen LogP contribution in [0.25, 0.3) is 0 Å². The van der Waals surface area contributed by atoms with Crippen LogP contribution in [-0.4, -0.2) is 59.9 Å². The minimum absolute atomic E-state index is 0.0439. The molecule has 0 unspecified atom stereocenters. The fourth-order valence-electron chi connectivity index (χ4n) is 3.12. The Kier molecular flexibility index (Phi) is 7.97. The van der Waals surface area contributed by atoms with E-state index in [0.717, 1.165) is 0 Å². The second-order valence-corrected chi connectivity index (χ2v) is 11.7. The molecule has 0 aliphatic carbocycles. The topological polar surface area (TPSA) is 49.0 Å². The maximum absolute atomic E-state index is 6.53. The van der Waals surface area contributed by atoms with E-state index in [9.17, 15) is 0 Å². The van der Waals surface area contributed by atoms with Crippen molar-refractivity contribution < 1.29 is 18.9 Å². The van der Waals surface area contributed by atoms with Crippen molar-refractivity contribution in [2.24, 2.45) is 0 Å². The highest BCUT2D eigenvalue weighted by Crippen LogP contribution is 2.30. The first-order chi connectivity index (χ1) is 11.9. The van der Waals surface area contributed by atoms with Crippen LogP contribution in [0.4, 0.5) is 0 Å². The number of hydrogen-bond donors (Lipinski definition) is 1. The summed E-state index contributed by atoms with van der Waals surface area (Å²) in [4.78, 5) is 0. The first-order valence-corrected chi connectivity index (χ1v) is 10.3. The van der Waals surface area contributed by atoms with E-state index in [4.69, 9.17) is 18.9 Å². The molecule has 0 saturated carbocycles. The van der Waals surface area contributed by atoms with E-state index in [1.54, 1.807) is 0 Å². The summed E-state index contributed by atoms with van der Waals surface area (Å²) in [6.07, 6.45) is -0.528. The molecule has 0 amide bonds. The van der Waals surface area contributed by atoms with Crippen molar-refractivity contribution in [1.29, 1.82) is 0 Å². The normalized spacial score (nSPS) is 28.4. The first-order valence-electron chi connectivity index (χ1n) is 10.3. The van der Waals surface area contributed by atoms with Crippen LogP contribution >= 0.6 is 0 Å². The van der Waals surface area contributed by atoms with Gasteiger partial charge in [0, 0.05) is 5.54 Å². The van der Waals surface area contributed by atoms with Gasteiger partial charge in [-0.2, -0.15) is 0 Å². The predicted molar refractivity (Wildman–Crippen MR) is 111 cm³/mol. The monoisotopic (exact) mass is 387 g/mol. The summed E-state index contributed by atoms with van der Waals surface area (Å²) in [6, 6.07) is 0.0439. The van der Waals surface area contributed by atoms with Crippen molar-refractivity contribution in [2.45, 2.75) is 130 Å². The van der Waals surface area contributed by atoms with Crippen LogP contribution in [0.3, 0.4) is 0 Å². The average molecular weight is 388 g/mol. The van der Waals surface area contributed by atoms with Crippen molar-refractivity contribution in [2.75, 3.05) is 13.2 Å². The van der Waals surface area contributed by atoms with Crippen LogP contribution in [0.15, 0.2) is 0 Å². The summed E-state index contributed by atoms with van der Waals surface area (Å²) in [7, 11) is 0. The summed E-state index contributed by atoms with van der Waals surface area (Å²) in [6.45, 7) is 26.2. The third-order valence-corrected chi connectivity index (χ3v) is 3.85. The molecule has 0 spiro atoms. The molecule has 0 aromatic heterocycles. The van der Waals surface area contributed by atoms with Gasteiger partial charge in [-0.05, 0) is 83.1 Å². The van der Waals surface area contributed by atoms with E-state index < -0.39 is 0 Å². The summed E-state index contributed by atoms with van der Waals surface area (Å²) in [5.41, 5.74) is -0.864. The highest BCUT2D eigenvalue weighted by atomic mass is 16.6. The van der Waals surface area contributed by atoms with Crippen LogP contribution in [0.2, 0.25) is 0 Å². The molecule has 0 aromatic carbocycles. The minimum Gasteiger partial charge on any atom is -0.373 e. The molecule has 1 N–H and O–H groups in total. The standard InChI is InChI=1S/C22H45NO4/c1-19(2,3)23-15-13-24-16(14-25-20(4,5)6)18(27-22(10,11)12)17(15)26-21(7,8)9/h15-18,23H,13-14H2,1-12H3/t15-,16+,17+,18+/m0/s1. The Bertz CT molecular complexity index is 451. The molecule has 4 atom stereocenters. The van der Waals surface area contributed by atoms with Crippen LogP contribution in [-0.2, 0) is 18.9 Å². The fraction of sp³-hybridized carbons (Fsp3) is 1.00. The maximum atomic E-state index is 6.53. The lowest BCUT2D eigenvalue weighted by Gasteiger charge is -2.48. The zero-order valence-electron chi connectivity index (χ0n) is 19.9. The van der Waals surface area contributed by atoms with Crippen molar-refractivity contribution in [3.8, 4) is 0 Å². The lowest BCUT2D eigenvalue weighted by molar-refractivity contribution is -0.251. The highest BCUT2D eigenvalue weighted by Gasteiger charge is 2.46. The van der Waals surface area contributed by atoms with Crippen molar-refractivity contribution >= 4 is 0 Å².